The number of carbonyl (C=O) groups excluding carboxylic acids is 1. The van der Waals surface area contributed by atoms with E-state index in [1.165, 1.54) is 14.0 Å². The van der Waals surface area contributed by atoms with Crippen LogP contribution in [0.2, 0.25) is 0 Å². The van der Waals surface area contributed by atoms with Gasteiger partial charge in [0.05, 0.1) is 31.3 Å². The first-order valence-corrected chi connectivity index (χ1v) is 6.98. The molecule has 4 N–H and O–H groups in total. The van der Waals surface area contributed by atoms with Crippen molar-refractivity contribution in [2.45, 2.75) is 25.2 Å². The van der Waals surface area contributed by atoms with Crippen molar-refractivity contribution in [3.63, 3.8) is 0 Å². The van der Waals surface area contributed by atoms with Crippen molar-refractivity contribution in [1.29, 1.82) is 0 Å². The van der Waals surface area contributed by atoms with E-state index >= 15 is 0 Å². The quantitative estimate of drug-likeness (QED) is 0.564. The Hall–Kier alpha value is -1.83. The topological polar surface area (TPSA) is 116 Å². The number of phenols is 2. The number of benzene rings is 1. The number of aliphatic hydroxyl groups is 2. The average molecular weight is 310 g/mol. The maximum absolute atomic E-state index is 12.6. The predicted molar refractivity (Wildman–Crippen MR) is 73.8 cm³/mol. The molecule has 1 aromatic rings. The van der Waals surface area contributed by atoms with E-state index in [-0.39, 0.29) is 41.4 Å². The van der Waals surface area contributed by atoms with E-state index in [4.69, 9.17) is 9.47 Å². The van der Waals surface area contributed by atoms with Crippen molar-refractivity contribution in [3.8, 4) is 17.2 Å². The molecule has 7 heteroatoms. The first-order valence-electron chi connectivity index (χ1n) is 6.98. The highest BCUT2D eigenvalue weighted by molar-refractivity contribution is 6.04. The fraction of sp³-hybridized carbons (Fsp3) is 0.533. The number of fused-ring (bicyclic) bond motifs is 2. The Morgan fingerprint density at radius 1 is 1.41 bits per heavy atom. The van der Waals surface area contributed by atoms with Gasteiger partial charge in [-0.15, -0.1) is 0 Å². The van der Waals surface area contributed by atoms with Crippen LogP contribution in [0.4, 0.5) is 0 Å². The van der Waals surface area contributed by atoms with Gasteiger partial charge in [-0.1, -0.05) is 0 Å². The molecule has 1 saturated heterocycles. The Labute approximate surface area is 126 Å². The summed E-state index contributed by atoms with van der Waals surface area (Å²) in [6.07, 6.45) is -1.17. The number of ketones is 1. The van der Waals surface area contributed by atoms with Crippen molar-refractivity contribution in [1.82, 2.24) is 0 Å². The Bertz CT molecular complexity index is 637. The highest BCUT2D eigenvalue weighted by Crippen LogP contribution is 2.52. The van der Waals surface area contributed by atoms with Crippen molar-refractivity contribution in [2.75, 3.05) is 13.7 Å². The molecule has 7 nitrogen and oxygen atoms in total. The molecule has 0 spiro atoms. The van der Waals surface area contributed by atoms with Gasteiger partial charge in [0.1, 0.15) is 5.75 Å². The van der Waals surface area contributed by atoms with Crippen LogP contribution in [0.3, 0.4) is 0 Å². The Morgan fingerprint density at radius 3 is 2.73 bits per heavy atom. The van der Waals surface area contributed by atoms with Crippen molar-refractivity contribution in [3.05, 3.63) is 17.2 Å². The molecular weight excluding hydrogens is 292 g/mol. The molecule has 0 saturated carbocycles. The summed E-state index contributed by atoms with van der Waals surface area (Å²) in [7, 11) is 1.31. The predicted octanol–water partition coefficient (Wildman–Crippen LogP) is 0.697. The normalized spacial score (nSPS) is 34.0. The SMILES string of the molecule is COc1cc(O)c2c(c1O)[C@H](O)[C@@H]1C[C@](C)(O)OC[C@@H]1C2=O. The lowest BCUT2D eigenvalue weighted by Gasteiger charge is -2.44. The van der Waals surface area contributed by atoms with Crippen LogP contribution in [0.25, 0.3) is 0 Å². The second kappa shape index (κ2) is 4.84. The molecule has 1 aliphatic carbocycles. The van der Waals surface area contributed by atoms with E-state index in [0.717, 1.165) is 6.07 Å². The van der Waals surface area contributed by atoms with Gasteiger partial charge in [-0.05, 0) is 6.92 Å². The molecule has 0 radical (unpaired) electrons. The lowest BCUT2D eigenvalue weighted by Crippen LogP contribution is -2.49. The monoisotopic (exact) mass is 310 g/mol. The van der Waals surface area contributed by atoms with Gasteiger partial charge in [0.2, 0.25) is 0 Å². The number of ether oxygens (including phenoxy) is 2. The zero-order valence-corrected chi connectivity index (χ0v) is 12.2. The summed E-state index contributed by atoms with van der Waals surface area (Å²) in [6, 6.07) is 1.14. The lowest BCUT2D eigenvalue weighted by molar-refractivity contribution is -0.242. The summed E-state index contributed by atoms with van der Waals surface area (Å²) >= 11 is 0. The minimum atomic E-state index is -1.45. The minimum absolute atomic E-state index is 0.0274. The van der Waals surface area contributed by atoms with Crippen LogP contribution in [0.15, 0.2) is 6.07 Å². The third-order valence-corrected chi connectivity index (χ3v) is 4.49. The zero-order valence-electron chi connectivity index (χ0n) is 12.2. The molecule has 1 heterocycles. The van der Waals surface area contributed by atoms with E-state index in [1.54, 1.807) is 0 Å². The maximum Gasteiger partial charge on any atom is 0.172 e. The van der Waals surface area contributed by atoms with Crippen LogP contribution < -0.4 is 4.74 Å². The summed E-state index contributed by atoms with van der Waals surface area (Å²) < 4.78 is 10.2. The standard InChI is InChI=1S/C15H18O7/c1-15(20)4-6-7(5-22-15)13(18)10-8(16)3-9(21-2)14(19)11(10)12(6)17/h3,6-7,12,16-17,19-20H,4-5H2,1-2H3/t6-,7+,12-,15-/m1/s1. The molecule has 0 amide bonds. The minimum Gasteiger partial charge on any atom is -0.507 e. The molecule has 1 aliphatic heterocycles. The lowest BCUT2D eigenvalue weighted by atomic mass is 9.69. The summed E-state index contributed by atoms with van der Waals surface area (Å²) in [6.45, 7) is 1.40. The van der Waals surface area contributed by atoms with Gasteiger partial charge in [0.15, 0.2) is 23.1 Å². The third-order valence-electron chi connectivity index (χ3n) is 4.49. The van der Waals surface area contributed by atoms with Gasteiger partial charge in [-0.25, -0.2) is 0 Å². The fourth-order valence-electron chi connectivity index (χ4n) is 3.39. The van der Waals surface area contributed by atoms with E-state index in [9.17, 15) is 25.2 Å². The van der Waals surface area contributed by atoms with Gasteiger partial charge in [0.25, 0.3) is 0 Å². The van der Waals surface area contributed by atoms with Gasteiger partial charge >= 0.3 is 0 Å². The van der Waals surface area contributed by atoms with Crippen molar-refractivity contribution >= 4 is 5.78 Å². The summed E-state index contributed by atoms with van der Waals surface area (Å²) in [5.74, 6) is -3.92. The number of hydrogen-bond acceptors (Lipinski definition) is 7. The van der Waals surface area contributed by atoms with Crippen molar-refractivity contribution < 1.29 is 34.7 Å². The molecule has 22 heavy (non-hydrogen) atoms. The maximum atomic E-state index is 12.6. The van der Waals surface area contributed by atoms with Crippen LogP contribution in [-0.2, 0) is 4.74 Å². The van der Waals surface area contributed by atoms with E-state index in [0.29, 0.717) is 0 Å². The Morgan fingerprint density at radius 2 is 2.09 bits per heavy atom. The smallest absolute Gasteiger partial charge is 0.172 e. The molecule has 2 aliphatic rings. The largest absolute Gasteiger partial charge is 0.507 e. The van der Waals surface area contributed by atoms with E-state index in [2.05, 4.69) is 0 Å². The summed E-state index contributed by atoms with van der Waals surface area (Å²) in [5, 5.41) is 40.9. The molecular formula is C15H18O7. The van der Waals surface area contributed by atoms with Crippen LogP contribution in [0.1, 0.15) is 35.4 Å². The van der Waals surface area contributed by atoms with Gasteiger partial charge < -0.3 is 29.9 Å². The summed E-state index contributed by atoms with van der Waals surface area (Å²) in [5.41, 5.74) is -0.169. The highest BCUT2D eigenvalue weighted by atomic mass is 16.6. The van der Waals surface area contributed by atoms with Gasteiger partial charge in [-0.2, -0.15) is 0 Å². The molecule has 0 unspecified atom stereocenters. The molecule has 120 valence electrons. The number of carbonyl (C=O) groups is 1. The van der Waals surface area contributed by atoms with E-state index in [1.807, 2.05) is 0 Å². The highest BCUT2D eigenvalue weighted by Gasteiger charge is 2.50. The number of hydrogen-bond donors (Lipinski definition) is 4. The molecule has 0 aromatic heterocycles. The van der Waals surface area contributed by atoms with Crippen LogP contribution >= 0.6 is 0 Å². The van der Waals surface area contributed by atoms with Gasteiger partial charge in [0, 0.05) is 24.0 Å². The average Bonchev–Trinajstić information content (AvgIpc) is 2.45. The second-order valence-electron chi connectivity index (χ2n) is 6.00. The first-order chi connectivity index (χ1) is 10.3. The fourth-order valence-corrected chi connectivity index (χ4v) is 3.39. The van der Waals surface area contributed by atoms with Crippen molar-refractivity contribution in [2.24, 2.45) is 11.8 Å². The molecule has 0 bridgehead atoms. The second-order valence-corrected chi connectivity index (χ2v) is 6.00. The third kappa shape index (κ3) is 2.05. The molecule has 4 atom stereocenters. The number of methoxy groups -OCH3 is 1. The number of rotatable bonds is 1. The molecule has 3 rings (SSSR count). The first kappa shape index (κ1) is 15.1. The Kier molecular flexibility index (Phi) is 3.32. The summed E-state index contributed by atoms with van der Waals surface area (Å²) in [4.78, 5) is 12.6. The van der Waals surface area contributed by atoms with Crippen LogP contribution in [0.5, 0.6) is 17.2 Å². The van der Waals surface area contributed by atoms with Crippen LogP contribution in [0, 0.1) is 11.8 Å². The zero-order chi connectivity index (χ0) is 16.2. The molecule has 1 fully saturated rings. The number of aliphatic hydroxyl groups excluding tert-OH is 1. The number of aromatic hydroxyl groups is 2. The number of Topliss-reactive ketones (excluding diaryl/α,β-unsaturated/α-hetero) is 1. The van der Waals surface area contributed by atoms with Gasteiger partial charge in [-0.3, -0.25) is 4.79 Å². The van der Waals surface area contributed by atoms with Crippen LogP contribution in [-0.4, -0.2) is 45.7 Å². The number of phenolic OH excluding ortho intramolecular Hbond substituents is 2. The van der Waals surface area contributed by atoms with E-state index < -0.39 is 29.5 Å². The Balaban J connectivity index is 2.17. The molecule has 1 aromatic carbocycles.